The molecule has 6 heavy (non-hydrogen) atoms. The van der Waals surface area contributed by atoms with Crippen molar-refractivity contribution in [3.8, 4) is 0 Å². The zero-order chi connectivity index (χ0) is 4.99. The summed E-state index contributed by atoms with van der Waals surface area (Å²) in [5, 5.41) is 7.73. The van der Waals surface area contributed by atoms with Gasteiger partial charge >= 0.3 is 5.97 Å². The number of hydrogen-bond acceptors (Lipinski definition) is 2. The standard InChI is InChI=1S/C2H5O3P/c3-2(4)1-6-5/h1,6H2,(H,3,4). The van der Waals surface area contributed by atoms with Crippen LogP contribution in [0.15, 0.2) is 0 Å². The summed E-state index contributed by atoms with van der Waals surface area (Å²) >= 11 is 0. The number of carboxylic acid groups (broad SMARTS) is 1. The summed E-state index contributed by atoms with van der Waals surface area (Å²) in [4.78, 5) is 9.42. The molecule has 0 aliphatic heterocycles. The maximum Gasteiger partial charge on any atom is 0.310 e. The monoisotopic (exact) mass is 108 g/mol. The first-order valence-corrected chi connectivity index (χ1v) is 2.71. The third-order valence-corrected chi connectivity index (χ3v) is 0.774. The van der Waals surface area contributed by atoms with Gasteiger partial charge in [0.15, 0.2) is 0 Å². The van der Waals surface area contributed by atoms with Gasteiger partial charge in [-0.05, 0) is 0 Å². The number of rotatable bonds is 2. The van der Waals surface area contributed by atoms with Crippen LogP contribution in [0.2, 0.25) is 0 Å². The molecule has 0 aliphatic carbocycles. The molecule has 0 aliphatic rings. The maximum absolute atomic E-state index is 9.44. The van der Waals surface area contributed by atoms with Gasteiger partial charge < -0.3 is 9.67 Å². The summed E-state index contributed by atoms with van der Waals surface area (Å²) in [6.45, 7) is 0. The average molecular weight is 108 g/mol. The Bertz CT molecular complexity index is 69.2. The van der Waals surface area contributed by atoms with E-state index in [4.69, 9.17) is 5.11 Å². The molecule has 3 nitrogen and oxygen atoms in total. The molecule has 0 aromatic rings. The molecule has 0 bridgehead atoms. The summed E-state index contributed by atoms with van der Waals surface area (Å²) in [5.74, 6) is -0.986. The SMILES string of the molecule is O=[PH2]CC(=O)O. The first kappa shape index (κ1) is 5.70. The molecule has 0 aromatic carbocycles. The lowest BCUT2D eigenvalue weighted by atomic mass is 10.8. The van der Waals surface area contributed by atoms with E-state index in [1.165, 1.54) is 0 Å². The normalized spacial score (nSPS) is 10.0. The highest BCUT2D eigenvalue weighted by Crippen LogP contribution is 1.86. The van der Waals surface area contributed by atoms with E-state index in [9.17, 15) is 9.36 Å². The highest BCUT2D eigenvalue weighted by atomic mass is 31.1. The minimum Gasteiger partial charge on any atom is -0.481 e. The molecule has 0 radical (unpaired) electrons. The van der Waals surface area contributed by atoms with Crippen molar-refractivity contribution in [3.05, 3.63) is 0 Å². The molecule has 1 N–H and O–H groups in total. The predicted molar refractivity (Wildman–Crippen MR) is 22.9 cm³/mol. The molecule has 36 valence electrons. The van der Waals surface area contributed by atoms with Crippen molar-refractivity contribution >= 4 is 14.4 Å². The molecule has 0 fully saturated rings. The van der Waals surface area contributed by atoms with Crippen molar-refractivity contribution in [2.45, 2.75) is 0 Å². The molecule has 4 heteroatoms. The van der Waals surface area contributed by atoms with Gasteiger partial charge in [0.1, 0.15) is 0 Å². The highest BCUT2D eigenvalue weighted by Gasteiger charge is 1.86. The van der Waals surface area contributed by atoms with Gasteiger partial charge in [0.05, 0.1) is 14.6 Å². The number of aliphatic carboxylic acids is 1. The van der Waals surface area contributed by atoms with E-state index in [-0.39, 0.29) is 6.16 Å². The van der Waals surface area contributed by atoms with Crippen molar-refractivity contribution in [2.24, 2.45) is 0 Å². The summed E-state index contributed by atoms with van der Waals surface area (Å²) in [6, 6.07) is 0. The van der Waals surface area contributed by atoms with Crippen LogP contribution >= 0.6 is 8.46 Å². The maximum atomic E-state index is 9.44. The fraction of sp³-hybridized carbons (Fsp3) is 0.500. The van der Waals surface area contributed by atoms with E-state index in [1.54, 1.807) is 0 Å². The summed E-state index contributed by atoms with van der Waals surface area (Å²) < 4.78 is 9.44. The lowest BCUT2D eigenvalue weighted by Gasteiger charge is -1.72. The van der Waals surface area contributed by atoms with Crippen molar-refractivity contribution in [2.75, 3.05) is 6.16 Å². The molecular formula is C2H5O3P. The van der Waals surface area contributed by atoms with Crippen LogP contribution in [0.4, 0.5) is 0 Å². The Morgan fingerprint density at radius 3 is 2.33 bits per heavy atom. The predicted octanol–water partition coefficient (Wildman–Crippen LogP) is -0.173. The largest absolute Gasteiger partial charge is 0.481 e. The number of hydrogen-bond donors (Lipinski definition) is 1. The van der Waals surface area contributed by atoms with Crippen molar-refractivity contribution in [3.63, 3.8) is 0 Å². The van der Waals surface area contributed by atoms with Crippen molar-refractivity contribution in [1.29, 1.82) is 0 Å². The molecule has 0 rings (SSSR count). The molecule has 0 amide bonds. The minimum absolute atomic E-state index is 0.181. The fourth-order valence-electron chi connectivity index (χ4n) is 0.0713. The topological polar surface area (TPSA) is 54.4 Å². The second-order valence-corrected chi connectivity index (χ2v) is 1.51. The molecule has 0 saturated heterocycles. The number of carboxylic acids is 1. The van der Waals surface area contributed by atoms with Gasteiger partial charge in [0.2, 0.25) is 0 Å². The Morgan fingerprint density at radius 1 is 1.83 bits per heavy atom. The van der Waals surface area contributed by atoms with Gasteiger partial charge in [-0.3, -0.25) is 4.79 Å². The lowest BCUT2D eigenvalue weighted by Crippen LogP contribution is -1.93. The second-order valence-electron chi connectivity index (χ2n) is 0.765. The lowest BCUT2D eigenvalue weighted by molar-refractivity contribution is -0.133. The molecule has 0 heterocycles. The smallest absolute Gasteiger partial charge is 0.310 e. The van der Waals surface area contributed by atoms with Crippen LogP contribution in [0.3, 0.4) is 0 Å². The minimum atomic E-state index is -1.10. The van der Waals surface area contributed by atoms with E-state index < -0.39 is 14.4 Å². The van der Waals surface area contributed by atoms with Crippen LogP contribution in [0.5, 0.6) is 0 Å². The third-order valence-electron chi connectivity index (χ3n) is 0.258. The Balaban J connectivity index is 3.05. The molecule has 0 aromatic heterocycles. The molecule has 1 unspecified atom stereocenters. The van der Waals surface area contributed by atoms with E-state index in [0.717, 1.165) is 0 Å². The average Bonchev–Trinajstić information content (AvgIpc) is 1.35. The Morgan fingerprint density at radius 2 is 2.33 bits per heavy atom. The van der Waals surface area contributed by atoms with Crippen molar-refractivity contribution in [1.82, 2.24) is 0 Å². The Labute approximate surface area is 36.2 Å². The molecule has 1 atom stereocenters. The Kier molecular flexibility index (Phi) is 2.77. The van der Waals surface area contributed by atoms with Gasteiger partial charge in [-0.15, -0.1) is 0 Å². The third kappa shape index (κ3) is 3.70. The molecule has 0 spiro atoms. The summed E-state index contributed by atoms with van der Waals surface area (Å²) in [5.41, 5.74) is 0. The van der Waals surface area contributed by atoms with Gasteiger partial charge in [-0.1, -0.05) is 0 Å². The van der Waals surface area contributed by atoms with Gasteiger partial charge in [0.25, 0.3) is 0 Å². The van der Waals surface area contributed by atoms with Crippen LogP contribution in [0.25, 0.3) is 0 Å². The van der Waals surface area contributed by atoms with E-state index in [1.807, 2.05) is 0 Å². The van der Waals surface area contributed by atoms with Crippen LogP contribution in [-0.2, 0) is 9.36 Å². The molecular weight excluding hydrogens is 103 g/mol. The van der Waals surface area contributed by atoms with E-state index >= 15 is 0 Å². The van der Waals surface area contributed by atoms with E-state index in [2.05, 4.69) is 0 Å². The highest BCUT2D eigenvalue weighted by molar-refractivity contribution is 7.25. The first-order valence-electron chi connectivity index (χ1n) is 1.43. The summed E-state index contributed by atoms with van der Waals surface area (Å²) in [6.07, 6.45) is -0.181. The van der Waals surface area contributed by atoms with Gasteiger partial charge in [-0.25, -0.2) is 0 Å². The first-order chi connectivity index (χ1) is 2.77. The zero-order valence-electron chi connectivity index (χ0n) is 3.05. The van der Waals surface area contributed by atoms with Gasteiger partial charge in [-0.2, -0.15) is 0 Å². The van der Waals surface area contributed by atoms with Crippen LogP contribution in [0, 0.1) is 0 Å². The summed E-state index contributed by atoms with van der Waals surface area (Å²) in [7, 11) is -1.10. The van der Waals surface area contributed by atoms with Crippen LogP contribution in [-0.4, -0.2) is 17.2 Å². The fourth-order valence-corrected chi connectivity index (χ4v) is 0.214. The molecule has 0 saturated carbocycles. The van der Waals surface area contributed by atoms with Crippen molar-refractivity contribution < 1.29 is 14.5 Å². The zero-order valence-corrected chi connectivity index (χ0v) is 4.20. The second kappa shape index (κ2) is 2.91. The van der Waals surface area contributed by atoms with Crippen LogP contribution < -0.4 is 0 Å². The van der Waals surface area contributed by atoms with E-state index in [0.29, 0.717) is 0 Å². The number of carbonyl (C=O) groups is 1. The van der Waals surface area contributed by atoms with Gasteiger partial charge in [0, 0.05) is 0 Å². The Hall–Kier alpha value is -0.300. The quantitative estimate of drug-likeness (QED) is 0.499. The van der Waals surface area contributed by atoms with Crippen LogP contribution in [0.1, 0.15) is 0 Å².